The van der Waals surface area contributed by atoms with Crippen LogP contribution in [0, 0.1) is 0 Å². The van der Waals surface area contributed by atoms with Crippen molar-refractivity contribution in [1.29, 1.82) is 0 Å². The Morgan fingerprint density at radius 3 is 2.95 bits per heavy atom. The molecule has 1 unspecified atom stereocenters. The molecule has 2 rings (SSSR count). The Morgan fingerprint density at radius 2 is 2.20 bits per heavy atom. The maximum atomic E-state index is 4.34. The monoisotopic (exact) mass is 276 g/mol. The van der Waals surface area contributed by atoms with E-state index in [4.69, 9.17) is 0 Å². The first-order chi connectivity index (χ1) is 9.76. The fraction of sp³-hybridized carbons (Fsp3) is 0.688. The summed E-state index contributed by atoms with van der Waals surface area (Å²) in [4.78, 5) is 9.31. The SMILES string of the molecule is CCCNCc1ccncc1N1CCN(C)C(CC)C1. The Labute approximate surface area is 123 Å². The topological polar surface area (TPSA) is 31.4 Å². The van der Waals surface area contributed by atoms with E-state index in [1.54, 1.807) is 0 Å². The van der Waals surface area contributed by atoms with Gasteiger partial charge in [-0.25, -0.2) is 0 Å². The van der Waals surface area contributed by atoms with Crippen LogP contribution in [0.3, 0.4) is 0 Å². The van der Waals surface area contributed by atoms with E-state index >= 15 is 0 Å². The summed E-state index contributed by atoms with van der Waals surface area (Å²) in [7, 11) is 2.23. The van der Waals surface area contributed by atoms with Crippen LogP contribution in [0.15, 0.2) is 18.5 Å². The molecule has 4 heteroatoms. The van der Waals surface area contributed by atoms with E-state index in [1.807, 2.05) is 12.4 Å². The Kier molecular flexibility index (Phi) is 5.80. The van der Waals surface area contributed by atoms with Crippen LogP contribution >= 0.6 is 0 Å². The molecule has 112 valence electrons. The number of hydrogen-bond donors (Lipinski definition) is 1. The van der Waals surface area contributed by atoms with Gasteiger partial charge >= 0.3 is 0 Å². The third kappa shape index (κ3) is 3.70. The molecule has 2 heterocycles. The van der Waals surface area contributed by atoms with E-state index in [0.717, 1.165) is 32.7 Å². The van der Waals surface area contributed by atoms with Crippen molar-refractivity contribution in [2.75, 3.05) is 38.1 Å². The summed E-state index contributed by atoms with van der Waals surface area (Å²) in [6.07, 6.45) is 6.31. The quantitative estimate of drug-likeness (QED) is 0.806. The van der Waals surface area contributed by atoms with Crippen molar-refractivity contribution in [2.45, 2.75) is 39.3 Å². The zero-order valence-electron chi connectivity index (χ0n) is 13.1. The molecule has 0 amide bonds. The molecule has 1 saturated heterocycles. The molecular weight excluding hydrogens is 248 g/mol. The van der Waals surface area contributed by atoms with Crippen LogP contribution in [0.2, 0.25) is 0 Å². The Bertz CT molecular complexity index is 407. The molecule has 1 fully saturated rings. The third-order valence-electron chi connectivity index (χ3n) is 4.22. The van der Waals surface area contributed by atoms with Crippen LogP contribution in [0.4, 0.5) is 5.69 Å². The van der Waals surface area contributed by atoms with Crippen molar-refractivity contribution in [3.05, 3.63) is 24.0 Å². The molecule has 0 spiro atoms. The molecule has 4 nitrogen and oxygen atoms in total. The molecule has 0 aliphatic carbocycles. The first kappa shape index (κ1) is 15.3. The molecule has 1 aromatic heterocycles. The number of rotatable bonds is 6. The van der Waals surface area contributed by atoms with Gasteiger partial charge in [0.2, 0.25) is 0 Å². The van der Waals surface area contributed by atoms with Gasteiger partial charge in [-0.1, -0.05) is 13.8 Å². The molecule has 1 aromatic rings. The van der Waals surface area contributed by atoms with E-state index in [1.165, 1.54) is 24.1 Å². The van der Waals surface area contributed by atoms with E-state index < -0.39 is 0 Å². The number of piperazine rings is 1. The number of nitrogens with one attached hydrogen (secondary N) is 1. The van der Waals surface area contributed by atoms with E-state index in [9.17, 15) is 0 Å². The van der Waals surface area contributed by atoms with Crippen LogP contribution < -0.4 is 10.2 Å². The smallest absolute Gasteiger partial charge is 0.0599 e. The summed E-state index contributed by atoms with van der Waals surface area (Å²) in [5.74, 6) is 0. The fourth-order valence-corrected chi connectivity index (χ4v) is 2.85. The molecule has 1 atom stereocenters. The average Bonchev–Trinajstić information content (AvgIpc) is 2.49. The average molecular weight is 276 g/mol. The molecule has 1 aliphatic heterocycles. The highest BCUT2D eigenvalue weighted by molar-refractivity contribution is 5.52. The zero-order valence-corrected chi connectivity index (χ0v) is 13.1. The number of pyridine rings is 1. The summed E-state index contributed by atoms with van der Waals surface area (Å²) < 4.78 is 0. The lowest BCUT2D eigenvalue weighted by Gasteiger charge is -2.40. The molecule has 20 heavy (non-hydrogen) atoms. The lowest BCUT2D eigenvalue weighted by atomic mass is 10.1. The summed E-state index contributed by atoms with van der Waals surface area (Å²) in [5.41, 5.74) is 2.68. The number of hydrogen-bond acceptors (Lipinski definition) is 4. The second-order valence-electron chi connectivity index (χ2n) is 5.67. The van der Waals surface area contributed by atoms with Gasteiger partial charge in [-0.2, -0.15) is 0 Å². The highest BCUT2D eigenvalue weighted by atomic mass is 15.3. The number of anilines is 1. The lowest BCUT2D eigenvalue weighted by Crippen LogP contribution is -2.51. The molecule has 0 bridgehead atoms. The minimum absolute atomic E-state index is 0.653. The molecule has 1 aliphatic rings. The van der Waals surface area contributed by atoms with E-state index in [0.29, 0.717) is 6.04 Å². The molecule has 0 aromatic carbocycles. The third-order valence-corrected chi connectivity index (χ3v) is 4.22. The van der Waals surface area contributed by atoms with Gasteiger partial charge in [-0.3, -0.25) is 9.88 Å². The maximum Gasteiger partial charge on any atom is 0.0599 e. The van der Waals surface area contributed by atoms with Gasteiger partial charge in [-0.15, -0.1) is 0 Å². The van der Waals surface area contributed by atoms with Crippen molar-refractivity contribution >= 4 is 5.69 Å². The maximum absolute atomic E-state index is 4.34. The van der Waals surface area contributed by atoms with Crippen LogP contribution in [-0.2, 0) is 6.54 Å². The van der Waals surface area contributed by atoms with Crippen molar-refractivity contribution in [3.63, 3.8) is 0 Å². The second-order valence-corrected chi connectivity index (χ2v) is 5.67. The molecule has 0 radical (unpaired) electrons. The lowest BCUT2D eigenvalue weighted by molar-refractivity contribution is 0.213. The Balaban J connectivity index is 2.07. The highest BCUT2D eigenvalue weighted by Gasteiger charge is 2.24. The van der Waals surface area contributed by atoms with E-state index in [-0.39, 0.29) is 0 Å². The van der Waals surface area contributed by atoms with Crippen LogP contribution in [0.1, 0.15) is 32.3 Å². The van der Waals surface area contributed by atoms with Crippen LogP contribution in [0.5, 0.6) is 0 Å². The normalized spacial score (nSPS) is 20.4. The van der Waals surface area contributed by atoms with Gasteiger partial charge in [0.05, 0.1) is 11.9 Å². The zero-order chi connectivity index (χ0) is 14.4. The largest absolute Gasteiger partial charge is 0.367 e. The minimum Gasteiger partial charge on any atom is -0.367 e. The predicted molar refractivity (Wildman–Crippen MR) is 85.2 cm³/mol. The minimum atomic E-state index is 0.653. The summed E-state index contributed by atoms with van der Waals surface area (Å²) in [6, 6.07) is 2.80. The van der Waals surface area contributed by atoms with Crippen LogP contribution in [0.25, 0.3) is 0 Å². The Morgan fingerprint density at radius 1 is 1.35 bits per heavy atom. The van der Waals surface area contributed by atoms with E-state index in [2.05, 4.69) is 47.1 Å². The van der Waals surface area contributed by atoms with Gasteiger partial charge in [0.25, 0.3) is 0 Å². The van der Waals surface area contributed by atoms with Crippen molar-refractivity contribution < 1.29 is 0 Å². The first-order valence-corrected chi connectivity index (χ1v) is 7.85. The van der Waals surface area contributed by atoms with Gasteiger partial charge in [-0.05, 0) is 38.1 Å². The number of likely N-dealkylation sites (N-methyl/N-ethyl adjacent to an activating group) is 1. The Hall–Kier alpha value is -1.13. The second kappa shape index (κ2) is 7.60. The van der Waals surface area contributed by atoms with Gasteiger partial charge < -0.3 is 10.2 Å². The molecule has 0 saturated carbocycles. The van der Waals surface area contributed by atoms with Gasteiger partial charge in [0.15, 0.2) is 0 Å². The summed E-state index contributed by atoms with van der Waals surface area (Å²) in [5, 5.41) is 3.50. The molecular formula is C16H28N4. The van der Waals surface area contributed by atoms with Crippen molar-refractivity contribution in [3.8, 4) is 0 Å². The summed E-state index contributed by atoms with van der Waals surface area (Å²) >= 11 is 0. The predicted octanol–water partition coefficient (Wildman–Crippen LogP) is 2.11. The van der Waals surface area contributed by atoms with Crippen molar-refractivity contribution in [2.24, 2.45) is 0 Å². The number of aromatic nitrogens is 1. The fourth-order valence-electron chi connectivity index (χ4n) is 2.85. The first-order valence-electron chi connectivity index (χ1n) is 7.85. The van der Waals surface area contributed by atoms with Crippen LogP contribution in [-0.4, -0.2) is 49.2 Å². The highest BCUT2D eigenvalue weighted by Crippen LogP contribution is 2.23. The van der Waals surface area contributed by atoms with Gasteiger partial charge in [0, 0.05) is 38.4 Å². The van der Waals surface area contributed by atoms with Crippen molar-refractivity contribution in [1.82, 2.24) is 15.2 Å². The number of nitrogens with zero attached hydrogens (tertiary/aromatic N) is 3. The summed E-state index contributed by atoms with van der Waals surface area (Å²) in [6.45, 7) is 9.83. The standard InChI is InChI=1S/C16H28N4/c1-4-7-17-11-14-6-8-18-12-16(14)20-10-9-19(3)15(5-2)13-20/h6,8,12,15,17H,4-5,7,9-11,13H2,1-3H3. The van der Waals surface area contributed by atoms with Gasteiger partial charge in [0.1, 0.15) is 0 Å². The molecule has 1 N–H and O–H groups in total.